The fourth-order valence-corrected chi connectivity index (χ4v) is 3.11. The van der Waals surface area contributed by atoms with Crippen molar-refractivity contribution >= 4 is 17.1 Å². The third-order valence-corrected chi connectivity index (χ3v) is 5.15. The van der Waals surface area contributed by atoms with Crippen LogP contribution in [-0.4, -0.2) is 142 Å². The minimum Gasteiger partial charge on any atom is -0.377 e. The summed E-state index contributed by atoms with van der Waals surface area (Å²) in [6.45, 7) is 7.00. The molecular weight excluding hydrogens is 581 g/mol. The van der Waals surface area contributed by atoms with Crippen LogP contribution in [0.1, 0.15) is 0 Å². The van der Waals surface area contributed by atoms with Crippen LogP contribution in [0.25, 0.3) is 0 Å². The largest absolute Gasteiger partial charge is 0.377 e. The number of hydrogen-bond acceptors (Lipinski definition) is 14. The third-order valence-electron chi connectivity index (χ3n) is 5.15. The molecule has 1 N–H and O–H groups in total. The highest BCUT2D eigenvalue weighted by Crippen LogP contribution is 2.28. The van der Waals surface area contributed by atoms with Gasteiger partial charge in [-0.2, -0.15) is 0 Å². The lowest BCUT2D eigenvalue weighted by molar-refractivity contribution is -0.393. The Labute approximate surface area is 250 Å². The molecule has 0 aliphatic carbocycles. The maximum atomic E-state index is 11.8. The number of non-ortho nitro benzene ring substituents is 1. The summed E-state index contributed by atoms with van der Waals surface area (Å²) in [4.78, 5) is 20.5. The topological polar surface area (TPSA) is 181 Å². The summed E-state index contributed by atoms with van der Waals surface area (Å²) in [6, 6.07) is 3.42. The first-order valence-corrected chi connectivity index (χ1v) is 14.0. The van der Waals surface area contributed by atoms with Crippen LogP contribution in [0.15, 0.2) is 18.2 Å². The van der Waals surface area contributed by atoms with E-state index in [0.717, 1.165) is 6.07 Å². The quantitative estimate of drug-likeness (QED) is 0.0697. The van der Waals surface area contributed by atoms with Crippen LogP contribution in [0, 0.1) is 20.2 Å². The maximum absolute atomic E-state index is 11.8. The zero-order valence-electron chi connectivity index (χ0n) is 24.5. The van der Waals surface area contributed by atoms with Crippen LogP contribution in [0.3, 0.4) is 0 Å². The Morgan fingerprint density at radius 1 is 0.535 bits per heavy atom. The van der Waals surface area contributed by atoms with Crippen molar-refractivity contribution in [1.82, 2.24) is 0 Å². The van der Waals surface area contributed by atoms with Crippen molar-refractivity contribution in [2.45, 2.75) is 0 Å². The minimum atomic E-state index is -0.685. The molecule has 0 unspecified atom stereocenters. The summed E-state index contributed by atoms with van der Waals surface area (Å²) in [5, 5.41) is 24.7. The van der Waals surface area contributed by atoms with Gasteiger partial charge >= 0.3 is 0 Å². The Hall–Kier alpha value is -2.61. The summed E-state index contributed by atoms with van der Waals surface area (Å²) >= 11 is 0. The van der Waals surface area contributed by atoms with Gasteiger partial charge in [-0.1, -0.05) is 0 Å². The van der Waals surface area contributed by atoms with Gasteiger partial charge < -0.3 is 47.9 Å². The SMILES string of the molecule is O=[N+]([O-])c1ccc(NCCOCCOCCOCCOCCOCCOCCOCCOCCOCCF)c([N+](=O)[O-])c1. The number of benzene rings is 1. The van der Waals surface area contributed by atoms with Crippen molar-refractivity contribution in [3.8, 4) is 0 Å². The second-order valence-electron chi connectivity index (χ2n) is 8.34. The number of nitro benzene ring substituents is 2. The van der Waals surface area contributed by atoms with E-state index in [0.29, 0.717) is 106 Å². The molecule has 0 aliphatic heterocycles. The molecule has 1 rings (SSSR count). The van der Waals surface area contributed by atoms with E-state index in [1.165, 1.54) is 12.1 Å². The number of alkyl halides is 1. The third kappa shape index (κ3) is 22.6. The first kappa shape index (κ1) is 38.4. The molecule has 0 saturated carbocycles. The molecule has 248 valence electrons. The van der Waals surface area contributed by atoms with Gasteiger partial charge in [-0.25, -0.2) is 4.39 Å². The first-order chi connectivity index (χ1) is 21.1. The second kappa shape index (κ2) is 28.2. The highest BCUT2D eigenvalue weighted by molar-refractivity contribution is 5.65. The average molecular weight is 626 g/mol. The fourth-order valence-electron chi connectivity index (χ4n) is 3.11. The number of nitro groups is 2. The lowest BCUT2D eigenvalue weighted by atomic mass is 10.2. The molecule has 0 aromatic heterocycles. The van der Waals surface area contributed by atoms with E-state index in [4.69, 9.17) is 42.6 Å². The molecule has 0 saturated heterocycles. The first-order valence-electron chi connectivity index (χ1n) is 14.0. The molecule has 0 radical (unpaired) electrons. The van der Waals surface area contributed by atoms with E-state index in [1.54, 1.807) is 0 Å². The Bertz CT molecular complexity index is 841. The van der Waals surface area contributed by atoms with Crippen molar-refractivity contribution in [2.24, 2.45) is 0 Å². The van der Waals surface area contributed by atoms with Crippen LogP contribution in [0.2, 0.25) is 0 Å². The Balaban J connectivity index is 1.77. The molecule has 0 aliphatic rings. The standard InChI is InChI=1S/C26H44FN3O13/c27-3-5-35-7-9-37-11-13-39-15-17-41-19-21-43-22-20-42-18-16-40-14-12-38-10-8-36-6-4-28-25-2-1-24(29(31)32)23-26(25)30(33)34/h1-2,23,28H,3-22H2. The van der Waals surface area contributed by atoms with E-state index in [1.807, 2.05) is 0 Å². The van der Waals surface area contributed by atoms with E-state index in [-0.39, 0.29) is 36.8 Å². The van der Waals surface area contributed by atoms with Crippen LogP contribution < -0.4 is 5.32 Å². The van der Waals surface area contributed by atoms with E-state index in [2.05, 4.69) is 5.32 Å². The van der Waals surface area contributed by atoms with Gasteiger partial charge in [0.1, 0.15) is 12.4 Å². The lowest BCUT2D eigenvalue weighted by Crippen LogP contribution is -2.15. The minimum absolute atomic E-state index is 0.0979. The number of hydrogen-bond donors (Lipinski definition) is 1. The zero-order valence-corrected chi connectivity index (χ0v) is 24.5. The monoisotopic (exact) mass is 625 g/mol. The van der Waals surface area contributed by atoms with Gasteiger partial charge in [0.05, 0.1) is 135 Å². The molecule has 1 aromatic rings. The second-order valence-corrected chi connectivity index (χ2v) is 8.34. The van der Waals surface area contributed by atoms with Gasteiger partial charge in [-0.05, 0) is 6.07 Å². The smallest absolute Gasteiger partial charge is 0.299 e. The molecule has 0 fully saturated rings. The molecule has 1 aromatic carbocycles. The normalized spacial score (nSPS) is 11.2. The van der Waals surface area contributed by atoms with Crippen molar-refractivity contribution in [3.63, 3.8) is 0 Å². The van der Waals surface area contributed by atoms with E-state index >= 15 is 0 Å². The summed E-state index contributed by atoms with van der Waals surface area (Å²) < 4.78 is 59.8. The van der Waals surface area contributed by atoms with Gasteiger partial charge in [0.2, 0.25) is 0 Å². The maximum Gasteiger partial charge on any atom is 0.299 e. The summed E-state index contributed by atoms with van der Waals surface area (Å²) in [5.41, 5.74) is -0.533. The number of nitrogens with zero attached hydrogens (tertiary/aromatic N) is 2. The van der Waals surface area contributed by atoms with Crippen LogP contribution >= 0.6 is 0 Å². The lowest BCUT2D eigenvalue weighted by Gasteiger charge is -2.09. The Morgan fingerprint density at radius 3 is 1.21 bits per heavy atom. The molecule has 0 amide bonds. The summed E-state index contributed by atoms with van der Waals surface area (Å²) in [6.07, 6.45) is 0. The average Bonchev–Trinajstić information content (AvgIpc) is 3.00. The number of ether oxygens (including phenoxy) is 9. The number of halogens is 1. The molecule has 0 bridgehead atoms. The zero-order chi connectivity index (χ0) is 31.2. The van der Waals surface area contributed by atoms with Crippen LogP contribution in [-0.2, 0) is 42.6 Å². The molecule has 0 heterocycles. The molecule has 17 heteroatoms. The highest BCUT2D eigenvalue weighted by atomic mass is 19.1. The Kier molecular flexibility index (Phi) is 25.2. The van der Waals surface area contributed by atoms with Crippen LogP contribution in [0.4, 0.5) is 21.5 Å². The van der Waals surface area contributed by atoms with Gasteiger partial charge in [-0.15, -0.1) is 0 Å². The highest BCUT2D eigenvalue weighted by Gasteiger charge is 2.19. The van der Waals surface area contributed by atoms with Crippen molar-refractivity contribution in [1.29, 1.82) is 0 Å². The van der Waals surface area contributed by atoms with Gasteiger partial charge in [0.15, 0.2) is 0 Å². The fraction of sp³-hybridized carbons (Fsp3) is 0.769. The van der Waals surface area contributed by atoms with Gasteiger partial charge in [-0.3, -0.25) is 20.2 Å². The van der Waals surface area contributed by atoms with Gasteiger partial charge in [0.25, 0.3) is 11.4 Å². The molecule has 43 heavy (non-hydrogen) atoms. The molecule has 0 atom stereocenters. The van der Waals surface area contributed by atoms with Crippen molar-refractivity contribution in [2.75, 3.05) is 137 Å². The van der Waals surface area contributed by atoms with Crippen LogP contribution in [0.5, 0.6) is 0 Å². The number of rotatable bonds is 32. The predicted octanol–water partition coefficient (Wildman–Crippen LogP) is 2.03. The Morgan fingerprint density at radius 2 is 0.884 bits per heavy atom. The molecule has 16 nitrogen and oxygen atoms in total. The summed E-state index contributed by atoms with van der Waals surface area (Å²) in [5.74, 6) is 0. The molecule has 0 spiro atoms. The van der Waals surface area contributed by atoms with Crippen molar-refractivity contribution < 1.29 is 56.9 Å². The van der Waals surface area contributed by atoms with E-state index in [9.17, 15) is 24.6 Å². The van der Waals surface area contributed by atoms with E-state index < -0.39 is 16.5 Å². The van der Waals surface area contributed by atoms with Crippen molar-refractivity contribution in [3.05, 3.63) is 38.4 Å². The van der Waals surface area contributed by atoms with Gasteiger partial charge in [0, 0.05) is 12.6 Å². The summed E-state index contributed by atoms with van der Waals surface area (Å²) in [7, 11) is 0. The predicted molar refractivity (Wildman–Crippen MR) is 152 cm³/mol. The number of nitrogens with one attached hydrogen (secondary N) is 1. The number of anilines is 1. The molecular formula is C26H44FN3O13.